The molecule has 156 valence electrons. The molecule has 0 fully saturated rings. The number of fused-ring (bicyclic) bond motifs is 1. The van der Waals surface area contributed by atoms with E-state index in [9.17, 15) is 8.42 Å². The number of quaternary nitrogens is 1. The van der Waals surface area contributed by atoms with Crippen LogP contribution in [0.3, 0.4) is 0 Å². The zero-order chi connectivity index (χ0) is 21.0. The Bertz CT molecular complexity index is 1120. The minimum Gasteiger partial charge on any atom is -0.429 e. The van der Waals surface area contributed by atoms with Crippen molar-refractivity contribution in [1.29, 1.82) is 0 Å². The molecule has 0 amide bonds. The van der Waals surface area contributed by atoms with Crippen LogP contribution in [0.2, 0.25) is 0 Å². The van der Waals surface area contributed by atoms with Gasteiger partial charge in [0.1, 0.15) is 6.54 Å². The molecule has 1 aromatic heterocycles. The molecule has 3 rings (SSSR count). The van der Waals surface area contributed by atoms with Crippen molar-refractivity contribution in [3.05, 3.63) is 58.9 Å². The lowest BCUT2D eigenvalue weighted by atomic mass is 10.2. The summed E-state index contributed by atoms with van der Waals surface area (Å²) in [7, 11) is -3.55. The van der Waals surface area contributed by atoms with E-state index in [1.807, 2.05) is 36.6 Å². The quantitative estimate of drug-likeness (QED) is 0.526. The monoisotopic (exact) mass is 434 g/mol. The lowest BCUT2D eigenvalue weighted by Crippen LogP contribution is -3.09. The fourth-order valence-electron chi connectivity index (χ4n) is 3.47. The fourth-order valence-corrected chi connectivity index (χ4v) is 5.20. The van der Waals surface area contributed by atoms with E-state index in [0.717, 1.165) is 13.1 Å². The highest BCUT2D eigenvalue weighted by molar-refractivity contribution is 7.89. The first-order valence-electron chi connectivity index (χ1n) is 9.91. The molecule has 0 aliphatic rings. The number of hydrogen-bond donors (Lipinski definition) is 1. The van der Waals surface area contributed by atoms with Crippen LogP contribution in [0.4, 0.5) is 0 Å². The van der Waals surface area contributed by atoms with Gasteiger partial charge in [0.05, 0.1) is 17.0 Å². The third-order valence-corrected chi connectivity index (χ3v) is 7.51. The molecule has 29 heavy (non-hydrogen) atoms. The molecule has 2 aromatic carbocycles. The Morgan fingerprint density at radius 3 is 2.38 bits per heavy atom. The average molecular weight is 435 g/mol. The standard InChI is InChI=1S/C21H27N3O3S2/c1-4-22(15-17-10-8-7-9-11-17)16-24-19-14-18(12-13-20(19)27-21(24)28)29(25,26)23(5-2)6-3/h7-14H,4-6,15-16H2,1-3H3/p+1. The first-order chi connectivity index (χ1) is 13.9. The molecule has 3 aromatic rings. The maximum Gasteiger partial charge on any atom is 0.274 e. The van der Waals surface area contributed by atoms with Gasteiger partial charge in [-0.25, -0.2) is 8.42 Å². The molecule has 6 nitrogen and oxygen atoms in total. The van der Waals surface area contributed by atoms with Gasteiger partial charge in [-0.05, 0) is 37.3 Å². The number of oxazole rings is 1. The average Bonchev–Trinajstić information content (AvgIpc) is 3.03. The van der Waals surface area contributed by atoms with Gasteiger partial charge in [0.25, 0.3) is 4.84 Å². The molecule has 1 atom stereocenters. The minimum atomic E-state index is -3.55. The van der Waals surface area contributed by atoms with Crippen LogP contribution in [0.5, 0.6) is 0 Å². The van der Waals surface area contributed by atoms with Crippen LogP contribution >= 0.6 is 12.2 Å². The highest BCUT2D eigenvalue weighted by Gasteiger charge is 2.23. The molecule has 0 saturated carbocycles. The number of aromatic nitrogens is 1. The van der Waals surface area contributed by atoms with Crippen LogP contribution in [-0.4, -0.2) is 36.9 Å². The number of sulfonamides is 1. The fraction of sp³-hybridized carbons (Fsp3) is 0.381. The third-order valence-electron chi connectivity index (χ3n) is 5.16. The van der Waals surface area contributed by atoms with Crippen LogP contribution in [0.1, 0.15) is 26.3 Å². The van der Waals surface area contributed by atoms with Crippen LogP contribution in [0.25, 0.3) is 11.1 Å². The van der Waals surface area contributed by atoms with Crippen molar-refractivity contribution in [2.75, 3.05) is 19.6 Å². The Labute approximate surface area is 177 Å². The van der Waals surface area contributed by atoms with Crippen LogP contribution in [0.15, 0.2) is 57.8 Å². The van der Waals surface area contributed by atoms with Gasteiger partial charge < -0.3 is 9.32 Å². The van der Waals surface area contributed by atoms with Gasteiger partial charge in [-0.3, -0.25) is 4.57 Å². The molecule has 8 heteroatoms. The molecule has 1 unspecified atom stereocenters. The second-order valence-corrected chi connectivity index (χ2v) is 9.23. The van der Waals surface area contributed by atoms with Gasteiger partial charge >= 0.3 is 0 Å². The molecule has 0 bridgehead atoms. The molecule has 1 heterocycles. The molecule has 0 aliphatic heterocycles. The van der Waals surface area contributed by atoms with Crippen LogP contribution < -0.4 is 4.90 Å². The zero-order valence-electron chi connectivity index (χ0n) is 17.1. The summed E-state index contributed by atoms with van der Waals surface area (Å²) >= 11 is 5.44. The molecular formula is C21H28N3O3S2+. The van der Waals surface area contributed by atoms with E-state index in [2.05, 4.69) is 19.1 Å². The van der Waals surface area contributed by atoms with Gasteiger partial charge in [-0.2, -0.15) is 4.31 Å². The number of benzene rings is 2. The molecule has 0 aliphatic carbocycles. The Hall–Kier alpha value is -2.00. The summed E-state index contributed by atoms with van der Waals surface area (Å²) in [5.74, 6) is 0. The van der Waals surface area contributed by atoms with E-state index in [1.54, 1.807) is 18.2 Å². The van der Waals surface area contributed by atoms with E-state index in [4.69, 9.17) is 16.6 Å². The normalized spacial score (nSPS) is 13.2. The Morgan fingerprint density at radius 1 is 1.07 bits per heavy atom. The predicted molar refractivity (Wildman–Crippen MR) is 117 cm³/mol. The number of rotatable bonds is 9. The summed E-state index contributed by atoms with van der Waals surface area (Å²) in [5.41, 5.74) is 2.55. The number of nitrogens with one attached hydrogen (secondary N) is 1. The van der Waals surface area contributed by atoms with Crippen LogP contribution in [0, 0.1) is 4.84 Å². The first-order valence-corrected chi connectivity index (χ1v) is 11.8. The van der Waals surface area contributed by atoms with Crippen molar-refractivity contribution in [1.82, 2.24) is 8.87 Å². The molecule has 1 N–H and O–H groups in total. The van der Waals surface area contributed by atoms with Gasteiger partial charge in [-0.15, -0.1) is 0 Å². The topological polar surface area (TPSA) is 59.9 Å². The molecule has 0 spiro atoms. The van der Waals surface area contributed by atoms with Gasteiger partial charge in [-0.1, -0.05) is 44.2 Å². The highest BCUT2D eigenvalue weighted by Crippen LogP contribution is 2.23. The molecule has 0 saturated heterocycles. The van der Waals surface area contributed by atoms with Crippen LogP contribution in [-0.2, 0) is 23.2 Å². The van der Waals surface area contributed by atoms with Crippen molar-refractivity contribution in [3.8, 4) is 0 Å². The smallest absolute Gasteiger partial charge is 0.274 e. The third kappa shape index (κ3) is 4.61. The van der Waals surface area contributed by atoms with E-state index in [-0.39, 0.29) is 4.90 Å². The molecule has 0 radical (unpaired) electrons. The summed E-state index contributed by atoms with van der Waals surface area (Å²) in [4.78, 5) is 1.92. The Kier molecular flexibility index (Phi) is 6.89. The van der Waals surface area contributed by atoms with Gasteiger partial charge in [0, 0.05) is 18.7 Å². The van der Waals surface area contributed by atoms with Crippen molar-refractivity contribution in [2.24, 2.45) is 0 Å². The van der Waals surface area contributed by atoms with E-state index < -0.39 is 10.0 Å². The second-order valence-electron chi connectivity index (χ2n) is 6.94. The largest absolute Gasteiger partial charge is 0.429 e. The number of hydrogen-bond acceptors (Lipinski definition) is 4. The summed E-state index contributed by atoms with van der Waals surface area (Å²) in [5, 5.41) is 0. The van der Waals surface area contributed by atoms with Crippen molar-refractivity contribution in [2.45, 2.75) is 38.9 Å². The Balaban J connectivity index is 1.97. The van der Waals surface area contributed by atoms with E-state index in [0.29, 0.717) is 35.7 Å². The summed E-state index contributed by atoms with van der Waals surface area (Å²) in [6, 6.07) is 15.3. The first kappa shape index (κ1) is 21.7. The van der Waals surface area contributed by atoms with Gasteiger partial charge in [0.2, 0.25) is 10.0 Å². The summed E-state index contributed by atoms with van der Waals surface area (Å²) in [6.07, 6.45) is 0. The SMILES string of the molecule is CCN(CC)S(=O)(=O)c1ccc2oc(=S)n(C[NH+](CC)Cc3ccccc3)c2c1. The number of nitrogens with zero attached hydrogens (tertiary/aromatic N) is 2. The summed E-state index contributed by atoms with van der Waals surface area (Å²) in [6.45, 7) is 9.02. The van der Waals surface area contributed by atoms with Crippen molar-refractivity contribution >= 4 is 33.3 Å². The maximum atomic E-state index is 12.9. The minimum absolute atomic E-state index is 0.263. The molecular weight excluding hydrogens is 406 g/mol. The predicted octanol–water partition coefficient (Wildman–Crippen LogP) is 3.06. The second kappa shape index (κ2) is 9.21. The summed E-state index contributed by atoms with van der Waals surface area (Å²) < 4.78 is 34.9. The Morgan fingerprint density at radius 2 is 1.76 bits per heavy atom. The van der Waals surface area contributed by atoms with E-state index >= 15 is 0 Å². The lowest BCUT2D eigenvalue weighted by molar-refractivity contribution is -0.934. The maximum absolute atomic E-state index is 12.9. The van der Waals surface area contributed by atoms with E-state index in [1.165, 1.54) is 14.8 Å². The van der Waals surface area contributed by atoms with Crippen molar-refractivity contribution < 1.29 is 17.7 Å². The van der Waals surface area contributed by atoms with Crippen molar-refractivity contribution in [3.63, 3.8) is 0 Å². The lowest BCUT2D eigenvalue weighted by Gasteiger charge is -2.19. The highest BCUT2D eigenvalue weighted by atomic mass is 32.2. The van der Waals surface area contributed by atoms with Gasteiger partial charge in [0.15, 0.2) is 12.3 Å². The zero-order valence-corrected chi connectivity index (χ0v) is 18.7.